The van der Waals surface area contributed by atoms with E-state index in [2.05, 4.69) is 17.3 Å². The molecule has 6 aliphatic rings. The van der Waals surface area contributed by atoms with Gasteiger partial charge in [0.1, 0.15) is 11.9 Å². The lowest BCUT2D eigenvalue weighted by molar-refractivity contribution is -0.136. The topological polar surface area (TPSA) is 86.8 Å². The van der Waals surface area contributed by atoms with Crippen LogP contribution in [0.1, 0.15) is 104 Å². The predicted octanol–water partition coefficient (Wildman–Crippen LogP) is 5.17. The van der Waals surface area contributed by atoms with Crippen molar-refractivity contribution >= 4 is 35.4 Å². The van der Waals surface area contributed by atoms with Gasteiger partial charge in [0.05, 0.1) is 11.1 Å². The van der Waals surface area contributed by atoms with E-state index in [4.69, 9.17) is 0 Å². The number of carbonyl (C=O) groups is 4. The quantitative estimate of drug-likeness (QED) is 0.225. The molecule has 0 aromatic heterocycles. The van der Waals surface area contributed by atoms with Crippen LogP contribution in [-0.2, 0) is 9.59 Å². The average molecular weight is 570 g/mol. The standard InChI is InChI=1S/C31H40FN3O4S/c1-34(31-16-19-13-20(17-31)15-21(14-19)18-31)11-5-3-2-4-6-12-40-24-9-7-22(32)26-27(24)30(39)35(29(26)38)23-8-10-25(36)33-28(23)37/h7,9,19-21,23H,2-6,8,10-18H2,1H3,(H,33,36,37). The first-order valence-electron chi connectivity index (χ1n) is 15.1. The van der Waals surface area contributed by atoms with Crippen molar-refractivity contribution in [3.8, 4) is 0 Å². The molecule has 1 N–H and O–H groups in total. The lowest BCUT2D eigenvalue weighted by Gasteiger charge is -2.60. The minimum Gasteiger partial charge on any atom is -0.301 e. The van der Waals surface area contributed by atoms with Crippen molar-refractivity contribution in [1.29, 1.82) is 0 Å². The van der Waals surface area contributed by atoms with Crippen LogP contribution in [0.5, 0.6) is 0 Å². The fourth-order valence-corrected chi connectivity index (χ4v) is 9.64. The number of amides is 4. The van der Waals surface area contributed by atoms with Crippen LogP contribution in [0.25, 0.3) is 0 Å². The first kappa shape index (κ1) is 27.9. The number of imide groups is 2. The normalized spacial score (nSPS) is 30.9. The van der Waals surface area contributed by atoms with E-state index in [1.165, 1.54) is 75.7 Å². The summed E-state index contributed by atoms with van der Waals surface area (Å²) in [7, 11) is 2.36. The Hall–Kier alpha value is -2.26. The molecule has 40 heavy (non-hydrogen) atoms. The van der Waals surface area contributed by atoms with Crippen LogP contribution in [0, 0.1) is 23.6 Å². The molecule has 1 atom stereocenters. The third-order valence-corrected chi connectivity index (χ3v) is 11.4. The maximum absolute atomic E-state index is 14.7. The molecule has 1 saturated heterocycles. The molecule has 2 aliphatic heterocycles. The Kier molecular flexibility index (Phi) is 7.81. The van der Waals surface area contributed by atoms with Gasteiger partial charge in [-0.05, 0) is 107 Å². The maximum Gasteiger partial charge on any atom is 0.265 e. The van der Waals surface area contributed by atoms with Crippen molar-refractivity contribution in [2.24, 2.45) is 17.8 Å². The van der Waals surface area contributed by atoms with Crippen LogP contribution in [-0.4, -0.2) is 64.4 Å². The first-order chi connectivity index (χ1) is 19.3. The van der Waals surface area contributed by atoms with Crippen LogP contribution in [0.3, 0.4) is 0 Å². The zero-order valence-corrected chi connectivity index (χ0v) is 24.2. The fraction of sp³-hybridized carbons (Fsp3) is 0.677. The molecule has 0 radical (unpaired) electrons. The van der Waals surface area contributed by atoms with Gasteiger partial charge in [0.15, 0.2) is 0 Å². The van der Waals surface area contributed by atoms with Gasteiger partial charge in [-0.25, -0.2) is 4.39 Å². The summed E-state index contributed by atoms with van der Waals surface area (Å²) in [4.78, 5) is 54.2. The van der Waals surface area contributed by atoms with E-state index in [1.807, 2.05) is 0 Å². The summed E-state index contributed by atoms with van der Waals surface area (Å²) in [5, 5.41) is 2.18. The Balaban J connectivity index is 0.956. The second-order valence-corrected chi connectivity index (χ2v) is 14.1. The number of piperidine rings is 1. The molecule has 1 aromatic carbocycles. The first-order valence-corrected chi connectivity index (χ1v) is 16.1. The number of thioether (sulfide) groups is 1. The largest absolute Gasteiger partial charge is 0.301 e. The van der Waals surface area contributed by atoms with Crippen LogP contribution < -0.4 is 5.32 Å². The van der Waals surface area contributed by atoms with Gasteiger partial charge in [-0.1, -0.05) is 19.3 Å². The second kappa shape index (κ2) is 11.2. The molecule has 216 valence electrons. The van der Waals surface area contributed by atoms with E-state index in [9.17, 15) is 23.6 Å². The number of hydrogen-bond acceptors (Lipinski definition) is 6. The Morgan fingerprint density at radius 2 is 1.55 bits per heavy atom. The van der Waals surface area contributed by atoms with Crippen LogP contribution in [0.4, 0.5) is 4.39 Å². The summed E-state index contributed by atoms with van der Waals surface area (Å²) >= 11 is 1.46. The van der Waals surface area contributed by atoms with Crippen LogP contribution in [0.2, 0.25) is 0 Å². The van der Waals surface area contributed by atoms with Crippen molar-refractivity contribution in [1.82, 2.24) is 15.1 Å². The molecular formula is C31H40FN3O4S. The summed E-state index contributed by atoms with van der Waals surface area (Å²) in [6, 6.07) is 1.68. The van der Waals surface area contributed by atoms with Gasteiger partial charge < -0.3 is 4.90 Å². The average Bonchev–Trinajstić information content (AvgIpc) is 3.17. The highest BCUT2D eigenvalue weighted by atomic mass is 32.2. The lowest BCUT2D eigenvalue weighted by Crippen LogP contribution is -2.58. The van der Waals surface area contributed by atoms with Gasteiger partial charge in [0, 0.05) is 16.9 Å². The van der Waals surface area contributed by atoms with Crippen LogP contribution in [0.15, 0.2) is 17.0 Å². The van der Waals surface area contributed by atoms with E-state index in [-0.39, 0.29) is 24.0 Å². The minimum atomic E-state index is -1.09. The maximum atomic E-state index is 14.7. The smallest absolute Gasteiger partial charge is 0.265 e. The molecule has 2 heterocycles. The van der Waals surface area contributed by atoms with Crippen molar-refractivity contribution in [2.75, 3.05) is 19.3 Å². The predicted molar refractivity (Wildman–Crippen MR) is 150 cm³/mol. The molecule has 0 spiro atoms. The van der Waals surface area contributed by atoms with Gasteiger partial charge in [0.25, 0.3) is 11.8 Å². The van der Waals surface area contributed by atoms with E-state index in [1.54, 1.807) is 6.07 Å². The summed E-state index contributed by atoms with van der Waals surface area (Å²) in [5.74, 6) is 0.357. The van der Waals surface area contributed by atoms with E-state index in [0.717, 1.165) is 47.7 Å². The molecule has 9 heteroatoms. The van der Waals surface area contributed by atoms with Gasteiger partial charge in [-0.3, -0.25) is 29.4 Å². The Morgan fingerprint density at radius 1 is 0.925 bits per heavy atom. The molecule has 1 aromatic rings. The number of fused-ring (bicyclic) bond motifs is 1. The van der Waals surface area contributed by atoms with Gasteiger partial charge in [0.2, 0.25) is 11.8 Å². The Morgan fingerprint density at radius 3 is 2.23 bits per heavy atom. The number of nitrogens with one attached hydrogen (secondary N) is 1. The Bertz CT molecular complexity index is 1180. The number of nitrogens with zero attached hydrogens (tertiary/aromatic N) is 2. The summed E-state index contributed by atoms with van der Waals surface area (Å²) < 4.78 is 14.7. The number of benzene rings is 1. The van der Waals surface area contributed by atoms with Gasteiger partial charge >= 0.3 is 0 Å². The molecule has 5 fully saturated rings. The molecule has 4 amide bonds. The van der Waals surface area contributed by atoms with E-state index < -0.39 is 35.5 Å². The van der Waals surface area contributed by atoms with E-state index >= 15 is 0 Å². The van der Waals surface area contributed by atoms with Gasteiger partial charge in [-0.2, -0.15) is 0 Å². The summed E-state index contributed by atoms with van der Waals surface area (Å²) in [5.41, 5.74) is 0.267. The van der Waals surface area contributed by atoms with Gasteiger partial charge in [-0.15, -0.1) is 11.8 Å². The molecule has 4 saturated carbocycles. The fourth-order valence-electron chi connectivity index (χ4n) is 8.58. The molecule has 4 bridgehead atoms. The third kappa shape index (κ3) is 5.13. The number of halogens is 1. The van der Waals surface area contributed by atoms with E-state index in [0.29, 0.717) is 10.4 Å². The Labute approximate surface area is 240 Å². The number of hydrogen-bond donors (Lipinski definition) is 1. The monoisotopic (exact) mass is 569 g/mol. The van der Waals surface area contributed by atoms with Crippen molar-refractivity contribution < 1.29 is 23.6 Å². The number of carbonyl (C=O) groups excluding carboxylic acids is 4. The highest BCUT2D eigenvalue weighted by Gasteiger charge is 2.52. The van der Waals surface area contributed by atoms with Crippen molar-refractivity contribution in [3.05, 3.63) is 29.1 Å². The summed E-state index contributed by atoms with van der Waals surface area (Å²) in [6.07, 6.45) is 14.4. The highest BCUT2D eigenvalue weighted by Crippen LogP contribution is 2.57. The summed E-state index contributed by atoms with van der Waals surface area (Å²) in [6.45, 7) is 1.18. The highest BCUT2D eigenvalue weighted by molar-refractivity contribution is 7.99. The molecule has 7 rings (SSSR count). The number of unbranched alkanes of at least 4 members (excludes halogenated alkanes) is 4. The zero-order chi connectivity index (χ0) is 28.0. The zero-order valence-electron chi connectivity index (χ0n) is 23.4. The van der Waals surface area contributed by atoms with Crippen molar-refractivity contribution in [3.63, 3.8) is 0 Å². The third-order valence-electron chi connectivity index (χ3n) is 10.2. The SMILES string of the molecule is CN(CCCCCCCSc1ccc(F)c2c1C(=O)N(C1CCC(=O)NC1=O)C2=O)C12CC3CC(CC(C3)C1)C2. The minimum absolute atomic E-state index is 0.0342. The molecule has 1 unspecified atom stereocenters. The van der Waals surface area contributed by atoms with Crippen LogP contribution >= 0.6 is 11.8 Å². The molecule has 4 aliphatic carbocycles. The molecular weight excluding hydrogens is 529 g/mol. The lowest BCUT2D eigenvalue weighted by atomic mass is 9.52. The second-order valence-electron chi connectivity index (χ2n) is 12.9. The van der Waals surface area contributed by atoms with Crippen molar-refractivity contribution in [2.45, 2.75) is 99.9 Å². The number of rotatable bonds is 11. The molecule has 7 nitrogen and oxygen atoms in total.